The monoisotopic (exact) mass is 215 g/mol. The van der Waals surface area contributed by atoms with E-state index in [4.69, 9.17) is 10.8 Å². The first-order chi connectivity index (χ1) is 6.80. The Kier molecular flexibility index (Phi) is 2.77. The largest absolute Gasteiger partial charge is 0.478 e. The molecule has 0 amide bonds. The molecule has 0 saturated carbocycles. The van der Waals surface area contributed by atoms with Gasteiger partial charge in [0.15, 0.2) is 0 Å². The molecule has 5 heteroatoms. The summed E-state index contributed by atoms with van der Waals surface area (Å²) < 4.78 is 27.5. The number of alkyl halides is 2. The molecule has 3 N–H and O–H groups in total. The molecule has 0 aliphatic heterocycles. The van der Waals surface area contributed by atoms with Crippen LogP contribution in [0.2, 0.25) is 0 Å². The number of rotatable bonds is 3. The first-order valence-electron chi connectivity index (χ1n) is 4.26. The van der Waals surface area contributed by atoms with Crippen LogP contribution in [0.4, 0.5) is 8.78 Å². The second kappa shape index (κ2) is 3.58. The van der Waals surface area contributed by atoms with E-state index in [2.05, 4.69) is 0 Å². The van der Waals surface area contributed by atoms with Crippen LogP contribution in [0.15, 0.2) is 30.3 Å². The molecule has 1 rings (SSSR count). The number of hydrogen-bond donors (Lipinski definition) is 2. The standard InChI is InChI=1S/C10H11F2NO2/c1-9(11,13)10(12,8(14)15)7-5-3-2-4-6-7/h2-6H,13H2,1H3,(H,14,15). The second-order valence-corrected chi connectivity index (χ2v) is 3.41. The molecule has 0 aromatic heterocycles. The minimum Gasteiger partial charge on any atom is -0.478 e. The summed E-state index contributed by atoms with van der Waals surface area (Å²) in [5, 5.41) is 8.73. The van der Waals surface area contributed by atoms with Crippen LogP contribution >= 0.6 is 0 Å². The minimum absolute atomic E-state index is 0.315. The Morgan fingerprint density at radius 3 is 2.13 bits per heavy atom. The molecule has 3 nitrogen and oxygen atoms in total. The highest BCUT2D eigenvalue weighted by Crippen LogP contribution is 2.36. The molecule has 0 bridgehead atoms. The highest BCUT2D eigenvalue weighted by molar-refractivity contribution is 5.81. The van der Waals surface area contributed by atoms with E-state index in [1.807, 2.05) is 0 Å². The van der Waals surface area contributed by atoms with E-state index in [0.29, 0.717) is 6.92 Å². The molecule has 82 valence electrons. The van der Waals surface area contributed by atoms with Gasteiger partial charge in [0.25, 0.3) is 5.67 Å². The van der Waals surface area contributed by atoms with Gasteiger partial charge in [-0.05, 0) is 6.92 Å². The smallest absolute Gasteiger partial charge is 0.351 e. The average Bonchev–Trinajstić information content (AvgIpc) is 2.16. The van der Waals surface area contributed by atoms with E-state index >= 15 is 0 Å². The van der Waals surface area contributed by atoms with Crippen LogP contribution in [0.5, 0.6) is 0 Å². The van der Waals surface area contributed by atoms with Gasteiger partial charge in [-0.3, -0.25) is 5.73 Å². The summed E-state index contributed by atoms with van der Waals surface area (Å²) in [5.41, 5.74) is 1.37. The maximum Gasteiger partial charge on any atom is 0.351 e. The molecule has 0 radical (unpaired) electrons. The lowest BCUT2D eigenvalue weighted by atomic mass is 9.88. The number of carbonyl (C=O) groups is 1. The number of carboxylic acids is 1. The highest BCUT2D eigenvalue weighted by atomic mass is 19.2. The summed E-state index contributed by atoms with van der Waals surface area (Å²) in [4.78, 5) is 10.8. The van der Waals surface area contributed by atoms with Gasteiger partial charge in [0.2, 0.25) is 5.79 Å². The van der Waals surface area contributed by atoms with E-state index in [0.717, 1.165) is 0 Å². The summed E-state index contributed by atoms with van der Waals surface area (Å²) in [6.45, 7) is 0.689. The van der Waals surface area contributed by atoms with Gasteiger partial charge >= 0.3 is 5.97 Å². The van der Waals surface area contributed by atoms with Crippen molar-refractivity contribution in [2.75, 3.05) is 0 Å². The Morgan fingerprint density at radius 2 is 1.80 bits per heavy atom. The van der Waals surface area contributed by atoms with Crippen LogP contribution in [0.3, 0.4) is 0 Å². The molecule has 2 unspecified atom stereocenters. The third kappa shape index (κ3) is 1.83. The molecule has 0 fully saturated rings. The summed E-state index contributed by atoms with van der Waals surface area (Å²) in [5.74, 6) is -4.93. The Balaban J connectivity index is 3.32. The molecule has 15 heavy (non-hydrogen) atoms. The first-order valence-corrected chi connectivity index (χ1v) is 4.26. The molecule has 1 aromatic rings. The Labute approximate surface area is 85.5 Å². The molecule has 0 aliphatic carbocycles. The van der Waals surface area contributed by atoms with Crippen LogP contribution in [-0.4, -0.2) is 16.9 Å². The fraction of sp³-hybridized carbons (Fsp3) is 0.300. The van der Waals surface area contributed by atoms with Gasteiger partial charge < -0.3 is 5.11 Å². The lowest BCUT2D eigenvalue weighted by Crippen LogP contribution is -2.54. The number of carboxylic acid groups (broad SMARTS) is 1. The van der Waals surface area contributed by atoms with Crippen LogP contribution in [0.25, 0.3) is 0 Å². The van der Waals surface area contributed by atoms with E-state index < -0.39 is 17.4 Å². The number of nitrogens with two attached hydrogens (primary N) is 1. The molecule has 1 aromatic carbocycles. The molecular formula is C10H11F2NO2. The van der Waals surface area contributed by atoms with E-state index in [1.54, 1.807) is 6.07 Å². The van der Waals surface area contributed by atoms with Crippen molar-refractivity contribution in [1.82, 2.24) is 0 Å². The molecule has 0 saturated heterocycles. The van der Waals surface area contributed by atoms with Gasteiger partial charge in [-0.15, -0.1) is 0 Å². The molecular weight excluding hydrogens is 204 g/mol. The number of benzene rings is 1. The van der Waals surface area contributed by atoms with Gasteiger partial charge in [0.05, 0.1) is 0 Å². The summed E-state index contributed by atoms with van der Waals surface area (Å²) >= 11 is 0. The first kappa shape index (κ1) is 11.6. The van der Waals surface area contributed by atoms with Crippen molar-refractivity contribution in [2.24, 2.45) is 5.73 Å². The fourth-order valence-corrected chi connectivity index (χ4v) is 1.28. The zero-order valence-corrected chi connectivity index (χ0v) is 8.08. The third-order valence-electron chi connectivity index (χ3n) is 2.14. The van der Waals surface area contributed by atoms with Crippen molar-refractivity contribution in [3.8, 4) is 0 Å². The quantitative estimate of drug-likeness (QED) is 0.752. The zero-order chi connectivity index (χ0) is 11.7. The van der Waals surface area contributed by atoms with Gasteiger partial charge in [-0.2, -0.15) is 0 Å². The lowest BCUT2D eigenvalue weighted by molar-refractivity contribution is -0.164. The van der Waals surface area contributed by atoms with Crippen molar-refractivity contribution in [1.29, 1.82) is 0 Å². The Morgan fingerprint density at radius 1 is 1.33 bits per heavy atom. The Hall–Kier alpha value is -1.49. The van der Waals surface area contributed by atoms with E-state index in [9.17, 15) is 13.6 Å². The van der Waals surface area contributed by atoms with Crippen LogP contribution in [0.1, 0.15) is 12.5 Å². The molecule has 2 atom stereocenters. The zero-order valence-electron chi connectivity index (χ0n) is 8.08. The number of halogens is 2. The summed E-state index contributed by atoms with van der Waals surface area (Å²) in [6, 6.07) is 6.76. The normalized spacial score (nSPS) is 18.9. The predicted octanol–water partition coefficient (Wildman–Crippen LogP) is 1.58. The maximum absolute atomic E-state index is 14.1. The minimum atomic E-state index is -3.24. The highest BCUT2D eigenvalue weighted by Gasteiger charge is 2.55. The SMILES string of the molecule is CC(N)(F)C(F)(C(=O)O)c1ccccc1. The Bertz CT molecular complexity index is 361. The average molecular weight is 215 g/mol. The van der Waals surface area contributed by atoms with Crippen molar-refractivity contribution < 1.29 is 18.7 Å². The van der Waals surface area contributed by atoms with Gasteiger partial charge in [0, 0.05) is 5.56 Å². The predicted molar refractivity (Wildman–Crippen MR) is 50.6 cm³/mol. The van der Waals surface area contributed by atoms with Gasteiger partial charge in [-0.1, -0.05) is 30.3 Å². The van der Waals surface area contributed by atoms with Crippen molar-refractivity contribution in [2.45, 2.75) is 18.4 Å². The van der Waals surface area contributed by atoms with Gasteiger partial charge in [0.1, 0.15) is 0 Å². The second-order valence-electron chi connectivity index (χ2n) is 3.41. The number of hydrogen-bond acceptors (Lipinski definition) is 2. The van der Waals surface area contributed by atoms with Crippen LogP contribution in [0, 0.1) is 0 Å². The summed E-state index contributed by atoms with van der Waals surface area (Å²) in [7, 11) is 0. The summed E-state index contributed by atoms with van der Waals surface area (Å²) in [6.07, 6.45) is 0. The van der Waals surface area contributed by atoms with Crippen molar-refractivity contribution in [3.63, 3.8) is 0 Å². The van der Waals surface area contributed by atoms with E-state index in [-0.39, 0.29) is 5.56 Å². The van der Waals surface area contributed by atoms with Gasteiger partial charge in [-0.25, -0.2) is 13.6 Å². The van der Waals surface area contributed by atoms with E-state index in [1.165, 1.54) is 24.3 Å². The fourth-order valence-electron chi connectivity index (χ4n) is 1.28. The van der Waals surface area contributed by atoms with Crippen LogP contribution < -0.4 is 5.73 Å². The molecule has 0 aliphatic rings. The van der Waals surface area contributed by atoms with Crippen LogP contribution in [-0.2, 0) is 10.5 Å². The number of aliphatic carboxylic acids is 1. The topological polar surface area (TPSA) is 63.3 Å². The maximum atomic E-state index is 14.1. The third-order valence-corrected chi connectivity index (χ3v) is 2.14. The van der Waals surface area contributed by atoms with Crippen molar-refractivity contribution >= 4 is 5.97 Å². The molecule has 0 heterocycles. The lowest BCUT2D eigenvalue weighted by Gasteiger charge is -2.30. The van der Waals surface area contributed by atoms with Crippen molar-refractivity contribution in [3.05, 3.63) is 35.9 Å². The molecule has 0 spiro atoms.